The molecule has 3 N–H and O–H groups in total. The minimum Gasteiger partial charge on any atom is -0.396 e. The number of hydrogen-bond donors (Lipinski definition) is 3. The SMILES string of the molecule is OCC1C(O)CC(NCC2CC2)C1Cc1ccnc(C2CC2)n1. The van der Waals surface area contributed by atoms with Gasteiger partial charge in [-0.1, -0.05) is 0 Å². The van der Waals surface area contributed by atoms with Gasteiger partial charge in [-0.05, 0) is 63.0 Å². The van der Waals surface area contributed by atoms with Crippen LogP contribution in [0.3, 0.4) is 0 Å². The lowest BCUT2D eigenvalue weighted by atomic mass is 9.88. The summed E-state index contributed by atoms with van der Waals surface area (Å²) in [6, 6.07) is 2.27. The Kier molecular flexibility index (Phi) is 4.35. The van der Waals surface area contributed by atoms with Gasteiger partial charge in [-0.2, -0.15) is 0 Å². The molecule has 1 aromatic heterocycles. The minimum absolute atomic E-state index is 0.0496. The summed E-state index contributed by atoms with van der Waals surface area (Å²) in [4.78, 5) is 9.12. The molecule has 126 valence electrons. The van der Waals surface area contributed by atoms with Crippen molar-refractivity contribution in [1.82, 2.24) is 15.3 Å². The summed E-state index contributed by atoms with van der Waals surface area (Å²) in [5.74, 6) is 2.55. The molecule has 3 aliphatic carbocycles. The fourth-order valence-corrected chi connectivity index (χ4v) is 3.93. The van der Waals surface area contributed by atoms with Gasteiger partial charge in [0.25, 0.3) is 0 Å². The highest BCUT2D eigenvalue weighted by molar-refractivity contribution is 5.12. The summed E-state index contributed by atoms with van der Waals surface area (Å²) in [5, 5.41) is 23.7. The monoisotopic (exact) mass is 317 g/mol. The van der Waals surface area contributed by atoms with E-state index < -0.39 is 6.10 Å². The predicted octanol–water partition coefficient (Wildman–Crippen LogP) is 1.25. The minimum atomic E-state index is -0.411. The lowest BCUT2D eigenvalue weighted by Gasteiger charge is -2.25. The molecule has 0 amide bonds. The Bertz CT molecular complexity index is 545. The van der Waals surface area contributed by atoms with E-state index in [-0.39, 0.29) is 24.5 Å². The van der Waals surface area contributed by atoms with Crippen molar-refractivity contribution in [3.05, 3.63) is 23.8 Å². The summed E-state index contributed by atoms with van der Waals surface area (Å²) in [7, 11) is 0. The maximum atomic E-state index is 10.3. The van der Waals surface area contributed by atoms with Crippen molar-refractivity contribution in [2.45, 2.75) is 56.6 Å². The summed E-state index contributed by atoms with van der Waals surface area (Å²) in [6.45, 7) is 1.09. The number of rotatable bonds is 7. The third-order valence-corrected chi connectivity index (χ3v) is 5.75. The summed E-state index contributed by atoms with van der Waals surface area (Å²) in [6.07, 6.45) is 8.07. The smallest absolute Gasteiger partial charge is 0.131 e. The number of nitrogens with zero attached hydrogens (tertiary/aromatic N) is 2. The molecule has 4 rings (SSSR count). The van der Waals surface area contributed by atoms with Crippen molar-refractivity contribution in [2.75, 3.05) is 13.2 Å². The molecule has 0 spiro atoms. The zero-order chi connectivity index (χ0) is 15.8. The van der Waals surface area contributed by atoms with Crippen LogP contribution in [0.4, 0.5) is 0 Å². The zero-order valence-corrected chi connectivity index (χ0v) is 13.6. The van der Waals surface area contributed by atoms with Crippen LogP contribution in [0.15, 0.2) is 12.3 Å². The molecule has 23 heavy (non-hydrogen) atoms. The van der Waals surface area contributed by atoms with Crippen LogP contribution in [0, 0.1) is 17.8 Å². The first-order valence-electron chi connectivity index (χ1n) is 9.08. The average Bonchev–Trinajstić information content (AvgIpc) is 3.45. The first kappa shape index (κ1) is 15.5. The number of aromatic nitrogens is 2. The van der Waals surface area contributed by atoms with Gasteiger partial charge in [0, 0.05) is 36.4 Å². The van der Waals surface area contributed by atoms with Crippen molar-refractivity contribution in [1.29, 1.82) is 0 Å². The van der Waals surface area contributed by atoms with E-state index in [9.17, 15) is 10.2 Å². The molecular formula is C18H27N3O2. The highest BCUT2D eigenvalue weighted by Gasteiger charge is 2.42. The van der Waals surface area contributed by atoms with Crippen LogP contribution < -0.4 is 5.32 Å². The lowest BCUT2D eigenvalue weighted by molar-refractivity contribution is 0.0716. The molecule has 1 aromatic rings. The molecule has 5 heteroatoms. The van der Waals surface area contributed by atoms with Crippen molar-refractivity contribution in [3.63, 3.8) is 0 Å². The molecule has 5 nitrogen and oxygen atoms in total. The first-order valence-corrected chi connectivity index (χ1v) is 9.08. The molecule has 0 bridgehead atoms. The van der Waals surface area contributed by atoms with Crippen molar-refractivity contribution in [3.8, 4) is 0 Å². The van der Waals surface area contributed by atoms with Gasteiger partial charge >= 0.3 is 0 Å². The van der Waals surface area contributed by atoms with E-state index in [2.05, 4.69) is 10.3 Å². The van der Waals surface area contributed by atoms with Gasteiger partial charge in [0.05, 0.1) is 6.10 Å². The molecule has 0 saturated heterocycles. The van der Waals surface area contributed by atoms with E-state index in [1.807, 2.05) is 12.3 Å². The van der Waals surface area contributed by atoms with Gasteiger partial charge in [-0.15, -0.1) is 0 Å². The van der Waals surface area contributed by atoms with Gasteiger partial charge in [0.2, 0.25) is 0 Å². The molecule has 0 radical (unpaired) electrons. The number of nitrogens with one attached hydrogen (secondary N) is 1. The second-order valence-corrected chi connectivity index (χ2v) is 7.66. The van der Waals surface area contributed by atoms with Crippen molar-refractivity contribution in [2.24, 2.45) is 17.8 Å². The maximum Gasteiger partial charge on any atom is 0.131 e. The molecule has 4 unspecified atom stereocenters. The molecule has 3 saturated carbocycles. The fraction of sp³-hybridized carbons (Fsp3) is 0.778. The normalized spacial score (nSPS) is 34.0. The molecular weight excluding hydrogens is 290 g/mol. The molecule has 3 fully saturated rings. The third-order valence-electron chi connectivity index (χ3n) is 5.75. The number of aliphatic hydroxyl groups excluding tert-OH is 2. The van der Waals surface area contributed by atoms with Crippen LogP contribution in [-0.2, 0) is 6.42 Å². The Morgan fingerprint density at radius 2 is 2.00 bits per heavy atom. The number of hydrogen-bond acceptors (Lipinski definition) is 5. The van der Waals surface area contributed by atoms with Gasteiger partial charge in [0.1, 0.15) is 5.82 Å². The quantitative estimate of drug-likeness (QED) is 0.705. The van der Waals surface area contributed by atoms with Gasteiger partial charge < -0.3 is 15.5 Å². The summed E-state index contributed by atoms with van der Waals surface area (Å²) in [5.41, 5.74) is 1.05. The molecule has 3 aliphatic rings. The van der Waals surface area contributed by atoms with Gasteiger partial charge in [-0.3, -0.25) is 0 Å². The fourth-order valence-electron chi connectivity index (χ4n) is 3.93. The van der Waals surface area contributed by atoms with Crippen LogP contribution >= 0.6 is 0 Å². The lowest BCUT2D eigenvalue weighted by Crippen LogP contribution is -2.37. The molecule has 0 aromatic carbocycles. The van der Waals surface area contributed by atoms with Crippen molar-refractivity contribution < 1.29 is 10.2 Å². The molecule has 4 atom stereocenters. The second kappa shape index (κ2) is 6.46. The predicted molar refractivity (Wildman–Crippen MR) is 86.9 cm³/mol. The Labute approximate surface area is 137 Å². The van der Waals surface area contributed by atoms with Gasteiger partial charge in [-0.25, -0.2) is 9.97 Å². The Hall–Kier alpha value is -1.04. The first-order chi connectivity index (χ1) is 11.2. The van der Waals surface area contributed by atoms with Crippen LogP contribution in [-0.4, -0.2) is 45.5 Å². The van der Waals surface area contributed by atoms with Crippen molar-refractivity contribution >= 4 is 0 Å². The Morgan fingerprint density at radius 3 is 2.70 bits per heavy atom. The highest BCUT2D eigenvalue weighted by Crippen LogP contribution is 2.39. The van der Waals surface area contributed by atoms with E-state index in [1.165, 1.54) is 25.7 Å². The van der Waals surface area contributed by atoms with E-state index in [4.69, 9.17) is 4.98 Å². The van der Waals surface area contributed by atoms with Crippen LogP contribution in [0.1, 0.15) is 49.5 Å². The van der Waals surface area contributed by atoms with Crippen LogP contribution in [0.25, 0.3) is 0 Å². The summed E-state index contributed by atoms with van der Waals surface area (Å²) < 4.78 is 0. The summed E-state index contributed by atoms with van der Waals surface area (Å²) >= 11 is 0. The number of aliphatic hydroxyl groups is 2. The highest BCUT2D eigenvalue weighted by atomic mass is 16.3. The van der Waals surface area contributed by atoms with Crippen LogP contribution in [0.2, 0.25) is 0 Å². The maximum absolute atomic E-state index is 10.3. The van der Waals surface area contributed by atoms with E-state index >= 15 is 0 Å². The average molecular weight is 317 g/mol. The zero-order valence-electron chi connectivity index (χ0n) is 13.6. The van der Waals surface area contributed by atoms with Gasteiger partial charge in [0.15, 0.2) is 0 Å². The molecule has 1 heterocycles. The third kappa shape index (κ3) is 3.57. The second-order valence-electron chi connectivity index (χ2n) is 7.66. The largest absolute Gasteiger partial charge is 0.396 e. The van der Waals surface area contributed by atoms with E-state index in [1.54, 1.807) is 0 Å². The van der Waals surface area contributed by atoms with Crippen LogP contribution in [0.5, 0.6) is 0 Å². The van der Waals surface area contributed by atoms with E-state index in [0.717, 1.165) is 36.8 Å². The topological polar surface area (TPSA) is 78.3 Å². The standard InChI is InChI=1S/C18H27N3O2/c22-10-15-14(16(8-17(15)23)20-9-11-1-2-11)7-13-5-6-19-18(21-13)12-3-4-12/h5-6,11-12,14-17,20,22-23H,1-4,7-10H2. The molecule has 0 aliphatic heterocycles. The Morgan fingerprint density at radius 1 is 1.17 bits per heavy atom. The Balaban J connectivity index is 1.46. The van der Waals surface area contributed by atoms with E-state index in [0.29, 0.717) is 5.92 Å².